The van der Waals surface area contributed by atoms with Crippen LogP contribution in [-0.4, -0.2) is 0 Å². The van der Waals surface area contributed by atoms with Crippen molar-refractivity contribution >= 4 is 0 Å². The summed E-state index contributed by atoms with van der Waals surface area (Å²) in [5.41, 5.74) is 1.30. The minimum atomic E-state index is 0.612. The Labute approximate surface area is 83.1 Å². The minimum Gasteiger partial charge on any atom is -0.0625 e. The van der Waals surface area contributed by atoms with Gasteiger partial charge in [0.2, 0.25) is 0 Å². The first-order chi connectivity index (χ1) is 5.88. The van der Waals surface area contributed by atoms with Crippen LogP contribution in [0.5, 0.6) is 0 Å². The molecule has 0 heterocycles. The molecule has 0 radical (unpaired) electrons. The number of hydrogen-bond donors (Lipinski definition) is 0. The van der Waals surface area contributed by atoms with Gasteiger partial charge in [0.15, 0.2) is 0 Å². The Morgan fingerprint density at radius 3 is 2.08 bits per heavy atom. The summed E-state index contributed by atoms with van der Waals surface area (Å²) in [5.74, 6) is 2.84. The van der Waals surface area contributed by atoms with Crippen LogP contribution < -0.4 is 0 Å². The summed E-state index contributed by atoms with van der Waals surface area (Å²) in [6, 6.07) is 0. The third-order valence-corrected chi connectivity index (χ3v) is 5.05. The highest BCUT2D eigenvalue weighted by Crippen LogP contribution is 2.67. The summed E-state index contributed by atoms with van der Waals surface area (Å²) >= 11 is 0. The van der Waals surface area contributed by atoms with Gasteiger partial charge in [0.05, 0.1) is 0 Å². The molecule has 0 aromatic heterocycles. The molecule has 2 rings (SSSR count). The fourth-order valence-electron chi connectivity index (χ4n) is 5.00. The average molecular weight is 180 g/mol. The molecule has 3 atom stereocenters. The van der Waals surface area contributed by atoms with Crippen LogP contribution in [0.25, 0.3) is 0 Å². The van der Waals surface area contributed by atoms with Crippen molar-refractivity contribution in [1.29, 1.82) is 0 Å². The maximum absolute atomic E-state index is 2.53. The van der Waals surface area contributed by atoms with Gasteiger partial charge in [-0.15, -0.1) is 0 Å². The number of rotatable bonds is 1. The molecule has 0 N–H and O–H groups in total. The molecule has 2 fully saturated rings. The van der Waals surface area contributed by atoms with Crippen molar-refractivity contribution in [3.05, 3.63) is 0 Å². The van der Waals surface area contributed by atoms with Crippen LogP contribution in [0.2, 0.25) is 0 Å². The molecule has 13 heavy (non-hydrogen) atoms. The van der Waals surface area contributed by atoms with E-state index in [1.165, 1.54) is 19.3 Å². The maximum atomic E-state index is 2.53. The molecule has 0 spiro atoms. The second-order valence-electron chi connectivity index (χ2n) is 6.64. The summed E-state index contributed by atoms with van der Waals surface area (Å²) in [4.78, 5) is 0. The van der Waals surface area contributed by atoms with E-state index in [1.807, 2.05) is 0 Å². The Bertz CT molecular complexity index is 209. The molecule has 0 saturated heterocycles. The topological polar surface area (TPSA) is 0 Å². The fraction of sp³-hybridized carbons (Fsp3) is 1.00. The standard InChI is InChI=1S/C13H24/c1-9(2)11-12(3,4)10-6-7-13(11,5)8-10/h9-11H,6-8H2,1-5H3. The molecule has 2 aliphatic rings. The summed E-state index contributed by atoms with van der Waals surface area (Å²) < 4.78 is 0. The van der Waals surface area contributed by atoms with Crippen LogP contribution in [0.15, 0.2) is 0 Å². The third-order valence-electron chi connectivity index (χ3n) is 5.05. The maximum Gasteiger partial charge on any atom is -0.0283 e. The summed E-state index contributed by atoms with van der Waals surface area (Å²) in [5, 5.41) is 0. The van der Waals surface area contributed by atoms with Gasteiger partial charge in [-0.25, -0.2) is 0 Å². The van der Waals surface area contributed by atoms with E-state index < -0.39 is 0 Å². The molecule has 2 saturated carbocycles. The van der Waals surface area contributed by atoms with Crippen molar-refractivity contribution in [1.82, 2.24) is 0 Å². The van der Waals surface area contributed by atoms with Crippen LogP contribution in [0.4, 0.5) is 0 Å². The second-order valence-corrected chi connectivity index (χ2v) is 6.64. The number of hydrogen-bond acceptors (Lipinski definition) is 0. The highest BCUT2D eigenvalue weighted by atomic mass is 14.6. The zero-order valence-corrected chi connectivity index (χ0v) is 9.85. The van der Waals surface area contributed by atoms with Gasteiger partial charge < -0.3 is 0 Å². The highest BCUT2D eigenvalue weighted by molar-refractivity contribution is 5.08. The Morgan fingerprint density at radius 2 is 1.77 bits per heavy atom. The van der Waals surface area contributed by atoms with Crippen molar-refractivity contribution in [2.24, 2.45) is 28.6 Å². The van der Waals surface area contributed by atoms with Crippen LogP contribution >= 0.6 is 0 Å². The van der Waals surface area contributed by atoms with Gasteiger partial charge in [0, 0.05) is 0 Å². The van der Waals surface area contributed by atoms with Gasteiger partial charge in [0.1, 0.15) is 0 Å². The molecule has 0 heteroatoms. The lowest BCUT2D eigenvalue weighted by atomic mass is 9.60. The van der Waals surface area contributed by atoms with E-state index in [4.69, 9.17) is 0 Å². The molecule has 3 unspecified atom stereocenters. The van der Waals surface area contributed by atoms with E-state index in [1.54, 1.807) is 0 Å². The predicted octanol–water partition coefficient (Wildman–Crippen LogP) is 4.10. The van der Waals surface area contributed by atoms with Crippen LogP contribution in [-0.2, 0) is 0 Å². The van der Waals surface area contributed by atoms with Gasteiger partial charge in [-0.1, -0.05) is 34.6 Å². The van der Waals surface area contributed by atoms with Crippen LogP contribution in [0.1, 0.15) is 53.9 Å². The Hall–Kier alpha value is 0. The molecular weight excluding hydrogens is 156 g/mol. The van der Waals surface area contributed by atoms with Gasteiger partial charge in [-0.05, 0) is 47.8 Å². The SMILES string of the molecule is CC(C)C1C2(C)CCC(C2)C1(C)C. The number of fused-ring (bicyclic) bond motifs is 2. The van der Waals surface area contributed by atoms with Crippen molar-refractivity contribution in [2.75, 3.05) is 0 Å². The van der Waals surface area contributed by atoms with Gasteiger partial charge in [-0.2, -0.15) is 0 Å². The first-order valence-electron chi connectivity index (χ1n) is 5.88. The van der Waals surface area contributed by atoms with E-state index >= 15 is 0 Å². The van der Waals surface area contributed by atoms with Crippen molar-refractivity contribution in [3.63, 3.8) is 0 Å². The van der Waals surface area contributed by atoms with Crippen LogP contribution in [0.3, 0.4) is 0 Å². The smallest absolute Gasteiger partial charge is 0.0283 e. The van der Waals surface area contributed by atoms with E-state index in [-0.39, 0.29) is 0 Å². The average Bonchev–Trinajstić information content (AvgIpc) is 2.36. The van der Waals surface area contributed by atoms with Crippen molar-refractivity contribution < 1.29 is 0 Å². The van der Waals surface area contributed by atoms with E-state index in [0.717, 1.165) is 17.8 Å². The second kappa shape index (κ2) is 2.52. The zero-order chi connectivity index (χ0) is 9.85. The monoisotopic (exact) mass is 180 g/mol. The summed E-state index contributed by atoms with van der Waals surface area (Å²) in [7, 11) is 0. The molecule has 2 aliphatic carbocycles. The zero-order valence-electron chi connectivity index (χ0n) is 9.85. The molecule has 76 valence electrons. The molecule has 0 amide bonds. The fourth-order valence-corrected chi connectivity index (χ4v) is 5.00. The Kier molecular flexibility index (Phi) is 1.85. The minimum absolute atomic E-state index is 0.612. The lowest BCUT2D eigenvalue weighted by Crippen LogP contribution is -2.38. The van der Waals surface area contributed by atoms with Crippen molar-refractivity contribution in [3.8, 4) is 0 Å². The lowest BCUT2D eigenvalue weighted by Gasteiger charge is -2.45. The molecular formula is C13H24. The Morgan fingerprint density at radius 1 is 1.15 bits per heavy atom. The quantitative estimate of drug-likeness (QED) is 0.570. The highest BCUT2D eigenvalue weighted by Gasteiger charge is 2.59. The van der Waals surface area contributed by atoms with Crippen LogP contribution in [0, 0.1) is 28.6 Å². The molecule has 0 nitrogen and oxygen atoms in total. The molecule has 0 aromatic rings. The first-order valence-corrected chi connectivity index (χ1v) is 5.88. The van der Waals surface area contributed by atoms with E-state index in [2.05, 4.69) is 34.6 Å². The molecule has 0 aromatic carbocycles. The predicted molar refractivity (Wildman–Crippen MR) is 57.6 cm³/mol. The molecule has 2 bridgehead atoms. The first kappa shape index (κ1) is 9.55. The normalized spacial score (nSPS) is 47.5. The van der Waals surface area contributed by atoms with Gasteiger partial charge >= 0.3 is 0 Å². The summed E-state index contributed by atoms with van der Waals surface area (Å²) in [6.45, 7) is 12.4. The largest absolute Gasteiger partial charge is 0.0625 e. The van der Waals surface area contributed by atoms with Gasteiger partial charge in [-0.3, -0.25) is 0 Å². The Balaban J connectivity index is 2.34. The lowest BCUT2D eigenvalue weighted by molar-refractivity contribution is 0.0366. The van der Waals surface area contributed by atoms with Gasteiger partial charge in [0.25, 0.3) is 0 Å². The third kappa shape index (κ3) is 1.10. The van der Waals surface area contributed by atoms with E-state index in [0.29, 0.717) is 10.8 Å². The van der Waals surface area contributed by atoms with E-state index in [9.17, 15) is 0 Å². The molecule has 0 aliphatic heterocycles. The summed E-state index contributed by atoms with van der Waals surface area (Å²) in [6.07, 6.45) is 4.49. The van der Waals surface area contributed by atoms with Crippen molar-refractivity contribution in [2.45, 2.75) is 53.9 Å².